The summed E-state index contributed by atoms with van der Waals surface area (Å²) >= 11 is 6.25. The van der Waals surface area contributed by atoms with Crippen molar-refractivity contribution in [2.24, 2.45) is 5.92 Å². The second kappa shape index (κ2) is 6.50. The molecule has 2 unspecified atom stereocenters. The first-order chi connectivity index (χ1) is 11.3. The Morgan fingerprint density at radius 1 is 1.17 bits per heavy atom. The molecule has 1 saturated heterocycles. The third-order valence-electron chi connectivity index (χ3n) is 4.95. The summed E-state index contributed by atoms with van der Waals surface area (Å²) in [7, 11) is 0. The van der Waals surface area contributed by atoms with Gasteiger partial charge in [-0.3, -0.25) is 4.98 Å². The standard InChI is InChI=1S/C19H21ClN2O/c20-17-12-21-8-7-18(17)23-19-15(13-22-9-3-4-10-22)11-14-5-1-2-6-16(14)19/h1-2,5-8,12,15,19H,3-4,9-11,13H2. The molecule has 2 aliphatic rings. The summed E-state index contributed by atoms with van der Waals surface area (Å²) in [4.78, 5) is 6.62. The molecule has 120 valence electrons. The Morgan fingerprint density at radius 2 is 2.00 bits per heavy atom. The lowest BCUT2D eigenvalue weighted by Crippen LogP contribution is -2.30. The van der Waals surface area contributed by atoms with E-state index in [-0.39, 0.29) is 6.10 Å². The van der Waals surface area contributed by atoms with Gasteiger partial charge in [-0.15, -0.1) is 0 Å². The third-order valence-corrected chi connectivity index (χ3v) is 5.24. The van der Waals surface area contributed by atoms with Crippen LogP contribution in [0.4, 0.5) is 0 Å². The molecular formula is C19H21ClN2O. The van der Waals surface area contributed by atoms with Crippen LogP contribution in [0.25, 0.3) is 0 Å². The van der Waals surface area contributed by atoms with Crippen LogP contribution in [-0.4, -0.2) is 29.5 Å². The highest BCUT2D eigenvalue weighted by atomic mass is 35.5. The molecule has 0 radical (unpaired) electrons. The average molecular weight is 329 g/mol. The summed E-state index contributed by atoms with van der Waals surface area (Å²) in [6.45, 7) is 3.53. The minimum atomic E-state index is 0.0756. The lowest BCUT2D eigenvalue weighted by atomic mass is 10.0. The van der Waals surface area contributed by atoms with E-state index in [1.54, 1.807) is 12.4 Å². The number of fused-ring (bicyclic) bond motifs is 1. The van der Waals surface area contributed by atoms with E-state index in [0.29, 0.717) is 10.9 Å². The largest absolute Gasteiger partial charge is 0.484 e. The summed E-state index contributed by atoms with van der Waals surface area (Å²) in [5.41, 5.74) is 2.72. The van der Waals surface area contributed by atoms with Gasteiger partial charge in [0.1, 0.15) is 16.9 Å². The number of nitrogens with zero attached hydrogens (tertiary/aromatic N) is 2. The molecule has 0 saturated carbocycles. The first-order valence-corrected chi connectivity index (χ1v) is 8.75. The zero-order valence-electron chi connectivity index (χ0n) is 13.1. The molecule has 1 fully saturated rings. The van der Waals surface area contributed by atoms with E-state index in [1.165, 1.54) is 37.1 Å². The van der Waals surface area contributed by atoms with Crippen molar-refractivity contribution in [3.63, 3.8) is 0 Å². The molecule has 1 aromatic carbocycles. The predicted molar refractivity (Wildman–Crippen MR) is 91.9 cm³/mol. The third kappa shape index (κ3) is 3.08. The average Bonchev–Trinajstić information content (AvgIpc) is 3.19. The van der Waals surface area contributed by atoms with E-state index in [1.807, 2.05) is 6.07 Å². The van der Waals surface area contributed by atoms with Crippen LogP contribution >= 0.6 is 11.6 Å². The smallest absolute Gasteiger partial charge is 0.141 e. The van der Waals surface area contributed by atoms with E-state index in [0.717, 1.165) is 18.7 Å². The lowest BCUT2D eigenvalue weighted by Gasteiger charge is -2.26. The fourth-order valence-corrected chi connectivity index (χ4v) is 4.02. The minimum absolute atomic E-state index is 0.0756. The van der Waals surface area contributed by atoms with Crippen LogP contribution in [0, 0.1) is 5.92 Å². The number of rotatable bonds is 4. The van der Waals surface area contributed by atoms with Crippen molar-refractivity contribution < 1.29 is 4.74 Å². The molecule has 1 aliphatic carbocycles. The van der Waals surface area contributed by atoms with E-state index >= 15 is 0 Å². The summed E-state index contributed by atoms with van der Waals surface area (Å²) < 4.78 is 6.36. The van der Waals surface area contributed by atoms with Crippen LogP contribution in [0.5, 0.6) is 5.75 Å². The van der Waals surface area contributed by atoms with E-state index in [4.69, 9.17) is 16.3 Å². The number of hydrogen-bond donors (Lipinski definition) is 0. The van der Waals surface area contributed by atoms with Gasteiger partial charge in [0.2, 0.25) is 0 Å². The highest BCUT2D eigenvalue weighted by molar-refractivity contribution is 6.31. The molecule has 4 rings (SSSR count). The summed E-state index contributed by atoms with van der Waals surface area (Å²) in [5.74, 6) is 1.21. The van der Waals surface area contributed by atoms with Gasteiger partial charge >= 0.3 is 0 Å². The van der Waals surface area contributed by atoms with Gasteiger partial charge in [-0.25, -0.2) is 0 Å². The van der Waals surface area contributed by atoms with Crippen molar-refractivity contribution in [3.8, 4) is 5.75 Å². The van der Waals surface area contributed by atoms with Crippen molar-refractivity contribution in [3.05, 3.63) is 58.9 Å². The molecule has 0 amide bonds. The maximum Gasteiger partial charge on any atom is 0.141 e. The number of aromatic nitrogens is 1. The van der Waals surface area contributed by atoms with Crippen LogP contribution in [-0.2, 0) is 6.42 Å². The molecule has 2 heterocycles. The van der Waals surface area contributed by atoms with Gasteiger partial charge in [-0.05, 0) is 43.5 Å². The quantitative estimate of drug-likeness (QED) is 0.844. The van der Waals surface area contributed by atoms with Gasteiger partial charge in [0, 0.05) is 30.9 Å². The van der Waals surface area contributed by atoms with Crippen LogP contribution in [0.2, 0.25) is 5.02 Å². The summed E-state index contributed by atoms with van der Waals surface area (Å²) in [5, 5.41) is 0.580. The topological polar surface area (TPSA) is 25.4 Å². The van der Waals surface area contributed by atoms with Gasteiger partial charge in [0.05, 0.1) is 0 Å². The molecule has 2 atom stereocenters. The Balaban J connectivity index is 1.60. The van der Waals surface area contributed by atoms with Gasteiger partial charge in [-0.1, -0.05) is 35.9 Å². The maximum absolute atomic E-state index is 6.36. The first kappa shape index (κ1) is 15.0. The Morgan fingerprint density at radius 3 is 2.83 bits per heavy atom. The second-order valence-electron chi connectivity index (χ2n) is 6.52. The van der Waals surface area contributed by atoms with Crippen molar-refractivity contribution >= 4 is 11.6 Å². The van der Waals surface area contributed by atoms with Crippen molar-refractivity contribution in [2.75, 3.05) is 19.6 Å². The molecule has 1 aromatic heterocycles. The minimum Gasteiger partial charge on any atom is -0.484 e. The fraction of sp³-hybridized carbons (Fsp3) is 0.421. The molecule has 23 heavy (non-hydrogen) atoms. The highest BCUT2D eigenvalue weighted by Gasteiger charge is 2.35. The van der Waals surface area contributed by atoms with Gasteiger partial charge in [-0.2, -0.15) is 0 Å². The number of ether oxygens (including phenoxy) is 1. The molecule has 1 aliphatic heterocycles. The van der Waals surface area contributed by atoms with Crippen molar-refractivity contribution in [1.29, 1.82) is 0 Å². The first-order valence-electron chi connectivity index (χ1n) is 8.37. The highest BCUT2D eigenvalue weighted by Crippen LogP contribution is 2.41. The van der Waals surface area contributed by atoms with Gasteiger partial charge in [0.15, 0.2) is 0 Å². The zero-order valence-corrected chi connectivity index (χ0v) is 13.9. The fourth-order valence-electron chi connectivity index (χ4n) is 3.85. The number of halogens is 1. The molecule has 2 aromatic rings. The van der Waals surface area contributed by atoms with Crippen molar-refractivity contribution in [2.45, 2.75) is 25.4 Å². The number of hydrogen-bond acceptors (Lipinski definition) is 3. The Labute approximate surface area is 142 Å². The molecule has 0 bridgehead atoms. The molecular weight excluding hydrogens is 308 g/mol. The number of pyridine rings is 1. The number of likely N-dealkylation sites (tertiary alicyclic amines) is 1. The van der Waals surface area contributed by atoms with E-state index in [2.05, 4.69) is 34.1 Å². The normalized spacial score (nSPS) is 23.9. The Bertz CT molecular complexity index is 685. The van der Waals surface area contributed by atoms with Gasteiger partial charge in [0.25, 0.3) is 0 Å². The monoisotopic (exact) mass is 328 g/mol. The summed E-state index contributed by atoms with van der Waals surface area (Å²) in [6.07, 6.45) is 7.18. The van der Waals surface area contributed by atoms with Crippen LogP contribution < -0.4 is 4.74 Å². The second-order valence-corrected chi connectivity index (χ2v) is 6.92. The molecule has 3 nitrogen and oxygen atoms in total. The SMILES string of the molecule is Clc1cnccc1OC1c2ccccc2CC1CN1CCCC1. The zero-order chi connectivity index (χ0) is 15.6. The Kier molecular flexibility index (Phi) is 4.23. The number of benzene rings is 1. The van der Waals surface area contributed by atoms with E-state index < -0.39 is 0 Å². The lowest BCUT2D eigenvalue weighted by molar-refractivity contribution is 0.121. The molecule has 0 spiro atoms. The van der Waals surface area contributed by atoms with Crippen LogP contribution in [0.3, 0.4) is 0 Å². The molecule has 4 heteroatoms. The van der Waals surface area contributed by atoms with Crippen LogP contribution in [0.15, 0.2) is 42.7 Å². The maximum atomic E-state index is 6.36. The summed E-state index contributed by atoms with van der Waals surface area (Å²) in [6, 6.07) is 10.5. The van der Waals surface area contributed by atoms with Gasteiger partial charge < -0.3 is 9.64 Å². The predicted octanol–water partition coefficient (Wildman–Crippen LogP) is 4.12. The Hall–Kier alpha value is -1.58. The van der Waals surface area contributed by atoms with Crippen LogP contribution in [0.1, 0.15) is 30.1 Å². The van der Waals surface area contributed by atoms with E-state index in [9.17, 15) is 0 Å². The molecule has 0 N–H and O–H groups in total. The van der Waals surface area contributed by atoms with Crippen molar-refractivity contribution in [1.82, 2.24) is 9.88 Å².